The summed E-state index contributed by atoms with van der Waals surface area (Å²) in [6, 6.07) is 19.6. The summed E-state index contributed by atoms with van der Waals surface area (Å²) in [4.78, 5) is 0. The van der Waals surface area contributed by atoms with Crippen molar-refractivity contribution in [1.82, 2.24) is 0 Å². The highest BCUT2D eigenvalue weighted by Gasteiger charge is 2.25. The first-order valence-corrected chi connectivity index (χ1v) is 7.70. The van der Waals surface area contributed by atoms with Crippen molar-refractivity contribution in [3.05, 3.63) is 71.3 Å². The van der Waals surface area contributed by atoms with Crippen LogP contribution in [0.5, 0.6) is 0 Å². The van der Waals surface area contributed by atoms with Crippen LogP contribution >= 0.6 is 0 Å². The monoisotopic (exact) mass is 281 g/mol. The Morgan fingerprint density at radius 2 is 1.33 bits per heavy atom. The zero-order chi connectivity index (χ0) is 15.5. The largest absolute Gasteiger partial charge is 0.330 e. The van der Waals surface area contributed by atoms with Gasteiger partial charge in [0.15, 0.2) is 0 Å². The van der Waals surface area contributed by atoms with Gasteiger partial charge in [-0.1, -0.05) is 82.3 Å². The fraction of sp³-hybridized carbons (Fsp3) is 0.400. The summed E-state index contributed by atoms with van der Waals surface area (Å²) in [6.45, 7) is 9.64. The Hall–Kier alpha value is -1.60. The lowest BCUT2D eigenvalue weighted by atomic mass is 9.77. The summed E-state index contributed by atoms with van der Waals surface area (Å²) in [7, 11) is 0. The zero-order valence-corrected chi connectivity index (χ0v) is 13.7. The van der Waals surface area contributed by atoms with Crippen LogP contribution in [0.1, 0.15) is 44.4 Å². The van der Waals surface area contributed by atoms with Crippen molar-refractivity contribution in [3.63, 3.8) is 0 Å². The van der Waals surface area contributed by atoms with Gasteiger partial charge in [0.2, 0.25) is 0 Å². The smallest absolute Gasteiger partial charge is 0.00875 e. The van der Waals surface area contributed by atoms with Gasteiger partial charge in [-0.25, -0.2) is 0 Å². The minimum atomic E-state index is -0.00942. The molecule has 1 atom stereocenters. The van der Waals surface area contributed by atoms with E-state index in [0.29, 0.717) is 6.54 Å². The molecule has 21 heavy (non-hydrogen) atoms. The third-order valence-corrected chi connectivity index (χ3v) is 4.34. The van der Waals surface area contributed by atoms with E-state index in [1.165, 1.54) is 16.7 Å². The highest BCUT2D eigenvalue weighted by Crippen LogP contribution is 2.28. The van der Waals surface area contributed by atoms with Crippen molar-refractivity contribution in [2.24, 2.45) is 5.73 Å². The quantitative estimate of drug-likeness (QED) is 0.880. The van der Waals surface area contributed by atoms with Crippen LogP contribution in [0.4, 0.5) is 0 Å². The predicted molar refractivity (Wildman–Crippen MR) is 91.7 cm³/mol. The van der Waals surface area contributed by atoms with Crippen molar-refractivity contribution in [2.45, 2.75) is 44.9 Å². The van der Waals surface area contributed by atoms with Gasteiger partial charge >= 0.3 is 0 Å². The van der Waals surface area contributed by atoms with Crippen LogP contribution in [0.15, 0.2) is 54.6 Å². The Balaban J connectivity index is 2.23. The highest BCUT2D eigenvalue weighted by atomic mass is 14.6. The second-order valence-electron chi connectivity index (χ2n) is 7.25. The number of rotatable bonds is 4. The van der Waals surface area contributed by atoms with Gasteiger partial charge in [0.25, 0.3) is 0 Å². The molecular formula is C20H27N. The molecule has 0 aliphatic carbocycles. The van der Waals surface area contributed by atoms with E-state index in [0.717, 1.165) is 6.42 Å². The molecule has 0 saturated heterocycles. The van der Waals surface area contributed by atoms with Crippen LogP contribution in [0.3, 0.4) is 0 Å². The van der Waals surface area contributed by atoms with Gasteiger partial charge in [0.1, 0.15) is 0 Å². The number of benzene rings is 2. The normalized spacial score (nSPS) is 14.7. The summed E-state index contributed by atoms with van der Waals surface area (Å²) in [5.41, 5.74) is 10.3. The Kier molecular flexibility index (Phi) is 4.53. The fourth-order valence-corrected chi connectivity index (χ4v) is 2.71. The Labute approximate surface area is 129 Å². The fourth-order valence-electron chi connectivity index (χ4n) is 2.71. The molecule has 2 aromatic carbocycles. The van der Waals surface area contributed by atoms with Crippen molar-refractivity contribution in [1.29, 1.82) is 0 Å². The first-order chi connectivity index (χ1) is 9.85. The van der Waals surface area contributed by atoms with E-state index in [2.05, 4.69) is 82.3 Å². The average molecular weight is 281 g/mol. The molecule has 1 heteroatoms. The van der Waals surface area contributed by atoms with E-state index < -0.39 is 0 Å². The van der Waals surface area contributed by atoms with Gasteiger partial charge in [-0.05, 0) is 28.5 Å². The summed E-state index contributed by atoms with van der Waals surface area (Å²) < 4.78 is 0. The summed E-state index contributed by atoms with van der Waals surface area (Å²) in [5.74, 6) is 0. The topological polar surface area (TPSA) is 26.0 Å². The maximum Gasteiger partial charge on any atom is 0.00875 e. The Bertz CT molecular complexity index is 563. The second kappa shape index (κ2) is 6.03. The van der Waals surface area contributed by atoms with E-state index in [1.54, 1.807) is 0 Å². The van der Waals surface area contributed by atoms with Gasteiger partial charge in [0, 0.05) is 12.0 Å². The maximum atomic E-state index is 6.09. The first-order valence-electron chi connectivity index (χ1n) is 7.70. The Morgan fingerprint density at radius 3 is 1.81 bits per heavy atom. The molecule has 2 N–H and O–H groups in total. The molecule has 0 heterocycles. The van der Waals surface area contributed by atoms with Crippen molar-refractivity contribution >= 4 is 0 Å². The molecule has 0 saturated carbocycles. The van der Waals surface area contributed by atoms with E-state index in [-0.39, 0.29) is 10.8 Å². The molecule has 0 aromatic heterocycles. The molecule has 0 fully saturated rings. The van der Waals surface area contributed by atoms with E-state index >= 15 is 0 Å². The molecule has 0 aliphatic heterocycles. The lowest BCUT2D eigenvalue weighted by molar-refractivity contribution is 0.480. The molecule has 0 amide bonds. The predicted octanol–water partition coefficient (Wildman–Crippen LogP) is 4.44. The van der Waals surface area contributed by atoms with Crippen molar-refractivity contribution < 1.29 is 0 Å². The molecular weight excluding hydrogens is 254 g/mol. The first kappa shape index (κ1) is 15.8. The van der Waals surface area contributed by atoms with Gasteiger partial charge < -0.3 is 5.73 Å². The third kappa shape index (κ3) is 3.74. The van der Waals surface area contributed by atoms with E-state index in [1.807, 2.05) is 0 Å². The molecule has 2 aromatic rings. The van der Waals surface area contributed by atoms with Crippen LogP contribution in [0, 0.1) is 0 Å². The second-order valence-corrected chi connectivity index (χ2v) is 7.25. The third-order valence-electron chi connectivity index (χ3n) is 4.34. The van der Waals surface area contributed by atoms with Crippen molar-refractivity contribution in [2.75, 3.05) is 6.54 Å². The van der Waals surface area contributed by atoms with Crippen LogP contribution in [0.25, 0.3) is 0 Å². The van der Waals surface area contributed by atoms with Crippen LogP contribution in [0.2, 0.25) is 0 Å². The molecule has 1 unspecified atom stereocenters. The van der Waals surface area contributed by atoms with Crippen LogP contribution in [-0.2, 0) is 17.3 Å². The lowest BCUT2D eigenvalue weighted by Gasteiger charge is -2.29. The maximum absolute atomic E-state index is 6.09. The van der Waals surface area contributed by atoms with Crippen LogP contribution in [-0.4, -0.2) is 6.54 Å². The average Bonchev–Trinajstić information content (AvgIpc) is 2.47. The Morgan fingerprint density at radius 1 is 0.762 bits per heavy atom. The number of hydrogen-bond acceptors (Lipinski definition) is 1. The molecule has 0 bridgehead atoms. The van der Waals surface area contributed by atoms with Gasteiger partial charge in [-0.2, -0.15) is 0 Å². The summed E-state index contributed by atoms with van der Waals surface area (Å²) in [6.07, 6.45) is 0.970. The van der Waals surface area contributed by atoms with Gasteiger partial charge in [-0.15, -0.1) is 0 Å². The van der Waals surface area contributed by atoms with Crippen molar-refractivity contribution in [3.8, 4) is 0 Å². The molecule has 0 aliphatic rings. The minimum absolute atomic E-state index is 0.00942. The molecule has 1 nitrogen and oxygen atoms in total. The van der Waals surface area contributed by atoms with Gasteiger partial charge in [-0.3, -0.25) is 0 Å². The lowest BCUT2D eigenvalue weighted by Crippen LogP contribution is -2.34. The highest BCUT2D eigenvalue weighted by molar-refractivity contribution is 5.32. The minimum Gasteiger partial charge on any atom is -0.330 e. The molecule has 112 valence electrons. The summed E-state index contributed by atoms with van der Waals surface area (Å²) in [5, 5.41) is 0. The molecule has 2 rings (SSSR count). The molecule has 0 spiro atoms. The van der Waals surface area contributed by atoms with E-state index in [9.17, 15) is 0 Å². The van der Waals surface area contributed by atoms with E-state index in [4.69, 9.17) is 5.73 Å². The SMILES string of the molecule is CC(C)(C)c1ccc(CC(C)(CN)c2ccccc2)cc1. The number of hydrogen-bond donors (Lipinski definition) is 1. The zero-order valence-electron chi connectivity index (χ0n) is 13.7. The number of nitrogens with two attached hydrogens (primary N) is 1. The standard InChI is InChI=1S/C20H27N/c1-19(2,3)17-12-10-16(11-13-17)14-20(4,15-21)18-8-6-5-7-9-18/h5-13H,14-15,21H2,1-4H3. The molecule has 0 radical (unpaired) electrons. The van der Waals surface area contributed by atoms with Gasteiger partial charge in [0.05, 0.1) is 0 Å². The van der Waals surface area contributed by atoms with Crippen LogP contribution < -0.4 is 5.73 Å². The summed E-state index contributed by atoms with van der Waals surface area (Å²) >= 11 is 0.